The third-order valence-electron chi connectivity index (χ3n) is 7.58. The Balaban J connectivity index is 2.09. The molecule has 1 aliphatic heterocycles. The van der Waals surface area contributed by atoms with E-state index in [9.17, 15) is 24.3 Å². The molecule has 11 heteroatoms. The van der Waals surface area contributed by atoms with Crippen LogP contribution in [0.4, 0.5) is 0 Å². The van der Waals surface area contributed by atoms with Gasteiger partial charge in [0.1, 0.15) is 17.8 Å². The first-order valence-electron chi connectivity index (χ1n) is 15.0. The van der Waals surface area contributed by atoms with Crippen molar-refractivity contribution in [1.29, 1.82) is 0 Å². The normalized spacial score (nSPS) is 22.6. The van der Waals surface area contributed by atoms with Crippen LogP contribution >= 0.6 is 15.9 Å². The Bertz CT molecular complexity index is 1440. The molecule has 1 heterocycles. The molecule has 0 saturated carbocycles. The number of likely N-dealkylation sites (N-methyl/N-ethyl adjacent to an activating group) is 1. The van der Waals surface area contributed by atoms with Gasteiger partial charge in [-0.15, -0.1) is 0 Å². The monoisotopic (exact) mass is 683 g/mol. The predicted octanol–water partition coefficient (Wildman–Crippen LogP) is 5.00. The first-order valence-corrected chi connectivity index (χ1v) is 15.7. The fourth-order valence-electron chi connectivity index (χ4n) is 4.95. The predicted molar refractivity (Wildman–Crippen MR) is 175 cm³/mol. The number of methoxy groups -OCH3 is 1. The number of phenolic OH excluding ortho intramolecular Hbond substituents is 1. The van der Waals surface area contributed by atoms with Crippen molar-refractivity contribution < 1.29 is 33.8 Å². The van der Waals surface area contributed by atoms with Crippen LogP contribution < -0.4 is 10.6 Å². The van der Waals surface area contributed by atoms with Crippen molar-refractivity contribution in [3.8, 4) is 5.75 Å². The largest absolute Gasteiger partial charge is 0.507 e. The first kappa shape index (κ1) is 35.4. The number of allylic oxidation sites excluding steroid dienone is 2. The quantitative estimate of drug-likeness (QED) is 0.179. The van der Waals surface area contributed by atoms with Crippen LogP contribution in [0.25, 0.3) is 5.76 Å². The minimum atomic E-state index is -1.13. The van der Waals surface area contributed by atoms with Gasteiger partial charge in [0.15, 0.2) is 11.5 Å². The van der Waals surface area contributed by atoms with Crippen molar-refractivity contribution in [2.45, 2.75) is 77.5 Å². The van der Waals surface area contributed by atoms with Crippen LogP contribution in [0.15, 0.2) is 70.3 Å². The minimum Gasteiger partial charge on any atom is -0.507 e. The lowest BCUT2D eigenvalue weighted by atomic mass is 10.0. The van der Waals surface area contributed by atoms with Gasteiger partial charge in [-0.25, -0.2) is 4.79 Å². The van der Waals surface area contributed by atoms with Gasteiger partial charge in [0.05, 0.1) is 17.7 Å². The van der Waals surface area contributed by atoms with E-state index in [-0.39, 0.29) is 36.0 Å². The number of carbonyl (C=O) groups is 4. The van der Waals surface area contributed by atoms with E-state index in [1.165, 1.54) is 25.1 Å². The molecule has 0 radical (unpaired) electrons. The lowest BCUT2D eigenvalue weighted by Crippen LogP contribution is -2.54. The molecule has 3 N–H and O–H groups in total. The van der Waals surface area contributed by atoms with E-state index < -0.39 is 36.0 Å². The number of esters is 1. The second-order valence-corrected chi connectivity index (χ2v) is 12.1. The van der Waals surface area contributed by atoms with E-state index in [2.05, 4.69) is 32.6 Å². The summed E-state index contributed by atoms with van der Waals surface area (Å²) in [6.07, 6.45) is 4.40. The van der Waals surface area contributed by atoms with Gasteiger partial charge in [-0.2, -0.15) is 0 Å². The number of hydrogen-bond donors (Lipinski definition) is 3. The van der Waals surface area contributed by atoms with Gasteiger partial charge in [0, 0.05) is 25.5 Å². The van der Waals surface area contributed by atoms with E-state index in [1.807, 2.05) is 13.0 Å². The molecule has 10 nitrogen and oxygen atoms in total. The molecule has 0 saturated heterocycles. The van der Waals surface area contributed by atoms with Gasteiger partial charge in [-0.1, -0.05) is 48.0 Å². The Kier molecular flexibility index (Phi) is 13.2. The highest BCUT2D eigenvalue weighted by atomic mass is 79.9. The number of hydrogen-bond acceptors (Lipinski definition) is 7. The Labute approximate surface area is 273 Å². The molecule has 0 fully saturated rings. The summed E-state index contributed by atoms with van der Waals surface area (Å²) >= 11 is 3.30. The summed E-state index contributed by atoms with van der Waals surface area (Å²) in [7, 11) is 2.87. The zero-order valence-electron chi connectivity index (χ0n) is 26.4. The summed E-state index contributed by atoms with van der Waals surface area (Å²) in [4.78, 5) is 55.3. The summed E-state index contributed by atoms with van der Waals surface area (Å²) < 4.78 is 11.9. The zero-order chi connectivity index (χ0) is 33.1. The van der Waals surface area contributed by atoms with E-state index in [0.717, 1.165) is 5.57 Å². The van der Waals surface area contributed by atoms with Crippen LogP contribution in [0.1, 0.15) is 64.0 Å². The molecule has 45 heavy (non-hydrogen) atoms. The second-order valence-electron chi connectivity index (χ2n) is 11.2. The Morgan fingerprint density at radius 1 is 1.09 bits per heavy atom. The molecular formula is C34H42BrN3O7. The molecule has 3 atom stereocenters. The highest BCUT2D eigenvalue weighted by Gasteiger charge is 2.33. The molecule has 0 bridgehead atoms. The number of rotatable bonds is 4. The summed E-state index contributed by atoms with van der Waals surface area (Å²) in [6, 6.07) is 11.6. The Morgan fingerprint density at radius 2 is 1.80 bits per heavy atom. The van der Waals surface area contributed by atoms with Gasteiger partial charge in [-0.05, 0) is 80.1 Å². The molecule has 242 valence electrons. The van der Waals surface area contributed by atoms with E-state index >= 15 is 0 Å². The zero-order valence-corrected chi connectivity index (χ0v) is 28.0. The van der Waals surface area contributed by atoms with Crippen molar-refractivity contribution in [3.63, 3.8) is 0 Å². The van der Waals surface area contributed by atoms with Gasteiger partial charge >= 0.3 is 5.97 Å². The lowest BCUT2D eigenvalue weighted by molar-refractivity contribution is -0.146. The van der Waals surface area contributed by atoms with Gasteiger partial charge in [-0.3, -0.25) is 14.4 Å². The molecular weight excluding hydrogens is 642 g/mol. The number of halogens is 1. The molecule has 2 aromatic rings. The smallest absolute Gasteiger partial charge is 0.359 e. The maximum Gasteiger partial charge on any atom is 0.359 e. The lowest BCUT2D eigenvalue weighted by Gasteiger charge is -2.30. The summed E-state index contributed by atoms with van der Waals surface area (Å²) in [6.45, 7) is 5.34. The fourth-order valence-corrected chi connectivity index (χ4v) is 5.37. The molecule has 2 aromatic carbocycles. The number of cyclic esters (lactones) is 1. The van der Waals surface area contributed by atoms with Gasteiger partial charge in [0.2, 0.25) is 17.7 Å². The van der Waals surface area contributed by atoms with Crippen LogP contribution in [0.5, 0.6) is 5.75 Å². The van der Waals surface area contributed by atoms with Crippen LogP contribution in [-0.4, -0.2) is 66.0 Å². The third-order valence-corrected chi connectivity index (χ3v) is 8.22. The first-order chi connectivity index (χ1) is 21.4. The maximum atomic E-state index is 14.1. The van der Waals surface area contributed by atoms with Crippen LogP contribution in [0, 0.1) is 0 Å². The topological polar surface area (TPSA) is 134 Å². The summed E-state index contributed by atoms with van der Waals surface area (Å²) in [5.74, 6) is -2.09. The summed E-state index contributed by atoms with van der Waals surface area (Å²) in [5.41, 5.74) is 2.08. The Hall–Kier alpha value is -4.12. The number of ether oxygens (including phenoxy) is 2. The van der Waals surface area contributed by atoms with E-state index in [1.54, 1.807) is 50.2 Å². The molecule has 1 aliphatic rings. The SMILES string of the molecule is CO/C(=C1\NC(=O)[C@@H](Cc2ccc(O)c(Br)c2)N(C)C(=O)[C@H](C)NC(=O)CCCC=C(C)CC[C@H](C)OC1=O)c1ccccc1. The van der Waals surface area contributed by atoms with Crippen molar-refractivity contribution in [2.75, 3.05) is 14.2 Å². The number of benzene rings is 2. The highest BCUT2D eigenvalue weighted by molar-refractivity contribution is 9.10. The highest BCUT2D eigenvalue weighted by Crippen LogP contribution is 2.26. The second kappa shape index (κ2) is 16.8. The molecule has 3 amide bonds. The summed E-state index contributed by atoms with van der Waals surface area (Å²) in [5, 5.41) is 15.5. The van der Waals surface area contributed by atoms with Crippen molar-refractivity contribution >= 4 is 45.4 Å². The van der Waals surface area contributed by atoms with Crippen molar-refractivity contribution in [1.82, 2.24) is 15.5 Å². The number of phenols is 1. The fraction of sp³-hybridized carbons (Fsp3) is 0.412. The van der Waals surface area contributed by atoms with E-state index in [0.29, 0.717) is 41.3 Å². The minimum absolute atomic E-state index is 0.0181. The molecule has 0 aliphatic carbocycles. The average Bonchev–Trinajstić information content (AvgIpc) is 3.01. The van der Waals surface area contributed by atoms with Gasteiger partial charge < -0.3 is 30.1 Å². The van der Waals surface area contributed by atoms with Crippen molar-refractivity contribution in [2.24, 2.45) is 0 Å². The number of nitrogens with one attached hydrogen (secondary N) is 2. The number of nitrogens with zero attached hydrogens (tertiary/aromatic N) is 1. The van der Waals surface area contributed by atoms with E-state index in [4.69, 9.17) is 9.47 Å². The van der Waals surface area contributed by atoms with Gasteiger partial charge in [0.25, 0.3) is 0 Å². The van der Waals surface area contributed by atoms with Crippen molar-refractivity contribution in [3.05, 3.63) is 81.5 Å². The van der Waals surface area contributed by atoms with Crippen LogP contribution in [-0.2, 0) is 35.1 Å². The molecule has 0 aromatic heterocycles. The molecule has 0 unspecified atom stereocenters. The molecule has 3 rings (SSSR count). The number of aromatic hydroxyl groups is 1. The Morgan fingerprint density at radius 3 is 2.47 bits per heavy atom. The standard InChI is InChI=1S/C34H42BrN3O7/c1-21-11-9-10-14-29(40)36-23(3)33(42)38(4)27(20-24-17-18-28(39)26(35)19-24)32(41)37-30(34(43)45-22(2)16-15-21)31(44-5)25-12-7-6-8-13-25/h6-8,11-13,17-19,22-23,27,39H,9-10,14-16,20H2,1-5H3,(H,36,40)(H,37,41)/b21-11?,31-30-/t22-,23-,27+/m0/s1. The number of amides is 3. The third kappa shape index (κ3) is 10.2. The molecule has 0 spiro atoms. The average molecular weight is 685 g/mol. The maximum absolute atomic E-state index is 14.1. The van der Waals surface area contributed by atoms with Crippen LogP contribution in [0.3, 0.4) is 0 Å². The van der Waals surface area contributed by atoms with Crippen LogP contribution in [0.2, 0.25) is 0 Å². The number of carbonyl (C=O) groups excluding carboxylic acids is 4.